The van der Waals surface area contributed by atoms with Crippen molar-refractivity contribution < 1.29 is 9.26 Å². The molecule has 96 valence electrons. The highest BCUT2D eigenvalue weighted by molar-refractivity contribution is 4.90. The zero-order valence-corrected chi connectivity index (χ0v) is 10.5. The Hall–Kier alpha value is -0.980. The van der Waals surface area contributed by atoms with Crippen LogP contribution in [0.3, 0.4) is 0 Å². The summed E-state index contributed by atoms with van der Waals surface area (Å²) in [5.74, 6) is 1.31. The van der Waals surface area contributed by atoms with Gasteiger partial charge in [0.05, 0.1) is 6.54 Å². The van der Waals surface area contributed by atoms with E-state index in [2.05, 4.69) is 20.4 Å². The monoisotopic (exact) mass is 240 g/mol. The van der Waals surface area contributed by atoms with Crippen molar-refractivity contribution in [3.8, 4) is 0 Å². The van der Waals surface area contributed by atoms with Gasteiger partial charge in [0.15, 0.2) is 5.82 Å². The summed E-state index contributed by atoms with van der Waals surface area (Å²) in [5, 5.41) is 7.26. The summed E-state index contributed by atoms with van der Waals surface area (Å²) in [6.45, 7) is 9.38. The molecule has 2 rings (SSSR count). The van der Waals surface area contributed by atoms with Gasteiger partial charge in [-0.3, -0.25) is 4.90 Å². The van der Waals surface area contributed by atoms with E-state index in [0.717, 1.165) is 32.7 Å². The lowest BCUT2D eigenvalue weighted by atomic mass is 10.3. The summed E-state index contributed by atoms with van der Waals surface area (Å²) in [7, 11) is 0. The Bertz CT molecular complexity index is 336. The van der Waals surface area contributed by atoms with E-state index in [1.54, 1.807) is 0 Å². The van der Waals surface area contributed by atoms with Gasteiger partial charge in [-0.25, -0.2) is 0 Å². The Kier molecular flexibility index (Phi) is 4.47. The molecule has 1 atom stereocenters. The molecular weight excluding hydrogens is 220 g/mol. The Labute approximate surface area is 101 Å². The molecule has 1 aromatic heterocycles. The lowest BCUT2D eigenvalue weighted by Gasteiger charge is -2.25. The normalized spacial score (nSPS) is 19.4. The van der Waals surface area contributed by atoms with Gasteiger partial charge in [0.2, 0.25) is 5.89 Å². The van der Waals surface area contributed by atoms with Crippen molar-refractivity contribution in [1.82, 2.24) is 20.4 Å². The first kappa shape index (κ1) is 12.5. The van der Waals surface area contributed by atoms with E-state index >= 15 is 0 Å². The SMILES string of the molecule is CCOC(C)c1noc(CN2CCNCC2)n1. The molecule has 1 aliphatic rings. The third-order valence-corrected chi connectivity index (χ3v) is 2.83. The van der Waals surface area contributed by atoms with Crippen molar-refractivity contribution in [2.24, 2.45) is 0 Å². The number of hydrogen-bond acceptors (Lipinski definition) is 6. The number of nitrogens with one attached hydrogen (secondary N) is 1. The minimum Gasteiger partial charge on any atom is -0.371 e. The third-order valence-electron chi connectivity index (χ3n) is 2.83. The van der Waals surface area contributed by atoms with E-state index in [4.69, 9.17) is 9.26 Å². The quantitative estimate of drug-likeness (QED) is 0.812. The second-order valence-corrected chi connectivity index (χ2v) is 4.17. The first-order valence-corrected chi connectivity index (χ1v) is 6.16. The van der Waals surface area contributed by atoms with Crippen LogP contribution >= 0.6 is 0 Å². The average molecular weight is 240 g/mol. The van der Waals surface area contributed by atoms with Crippen LogP contribution in [0.2, 0.25) is 0 Å². The summed E-state index contributed by atoms with van der Waals surface area (Å²) in [6.07, 6.45) is -0.0967. The Morgan fingerprint density at radius 1 is 1.47 bits per heavy atom. The molecule has 0 aromatic carbocycles. The van der Waals surface area contributed by atoms with E-state index in [1.807, 2.05) is 13.8 Å². The minimum absolute atomic E-state index is 0.0967. The Morgan fingerprint density at radius 3 is 2.94 bits per heavy atom. The van der Waals surface area contributed by atoms with Crippen LogP contribution < -0.4 is 5.32 Å². The molecule has 0 spiro atoms. The van der Waals surface area contributed by atoms with Gasteiger partial charge in [-0.2, -0.15) is 4.98 Å². The van der Waals surface area contributed by atoms with Crippen molar-refractivity contribution in [2.45, 2.75) is 26.5 Å². The second kappa shape index (κ2) is 6.09. The highest BCUT2D eigenvalue weighted by atomic mass is 16.5. The maximum atomic E-state index is 5.42. The van der Waals surface area contributed by atoms with Crippen molar-refractivity contribution in [2.75, 3.05) is 32.8 Å². The predicted octanol–water partition coefficient (Wildman–Crippen LogP) is 0.572. The van der Waals surface area contributed by atoms with Gasteiger partial charge in [0.25, 0.3) is 0 Å². The van der Waals surface area contributed by atoms with E-state index in [-0.39, 0.29) is 6.10 Å². The van der Waals surface area contributed by atoms with E-state index in [1.165, 1.54) is 0 Å². The predicted molar refractivity (Wildman–Crippen MR) is 62.5 cm³/mol. The lowest BCUT2D eigenvalue weighted by Crippen LogP contribution is -2.42. The molecule has 1 unspecified atom stereocenters. The second-order valence-electron chi connectivity index (χ2n) is 4.17. The summed E-state index contributed by atoms with van der Waals surface area (Å²) in [5.41, 5.74) is 0. The third kappa shape index (κ3) is 3.49. The molecule has 2 heterocycles. The molecule has 1 aromatic rings. The molecule has 17 heavy (non-hydrogen) atoms. The molecule has 6 heteroatoms. The largest absolute Gasteiger partial charge is 0.371 e. The van der Waals surface area contributed by atoms with Crippen molar-refractivity contribution in [1.29, 1.82) is 0 Å². The maximum absolute atomic E-state index is 5.42. The number of aromatic nitrogens is 2. The molecular formula is C11H20N4O2. The van der Waals surface area contributed by atoms with Crippen LogP contribution in [0.4, 0.5) is 0 Å². The molecule has 0 bridgehead atoms. The first-order chi connectivity index (χ1) is 8.29. The van der Waals surface area contributed by atoms with E-state index in [9.17, 15) is 0 Å². The van der Waals surface area contributed by atoms with Crippen LogP contribution in [0.5, 0.6) is 0 Å². The summed E-state index contributed by atoms with van der Waals surface area (Å²) >= 11 is 0. The maximum Gasteiger partial charge on any atom is 0.240 e. The van der Waals surface area contributed by atoms with Crippen LogP contribution in [0.15, 0.2) is 4.52 Å². The molecule has 0 saturated carbocycles. The van der Waals surface area contributed by atoms with Crippen LogP contribution in [0, 0.1) is 0 Å². The molecule has 1 fully saturated rings. The molecule has 1 N–H and O–H groups in total. The molecule has 1 aliphatic heterocycles. The smallest absolute Gasteiger partial charge is 0.240 e. The van der Waals surface area contributed by atoms with Crippen LogP contribution in [0.1, 0.15) is 31.7 Å². The van der Waals surface area contributed by atoms with Gasteiger partial charge in [-0.15, -0.1) is 0 Å². The fourth-order valence-corrected chi connectivity index (χ4v) is 1.88. The van der Waals surface area contributed by atoms with Crippen molar-refractivity contribution >= 4 is 0 Å². The molecule has 0 amide bonds. The summed E-state index contributed by atoms with van der Waals surface area (Å²) in [6, 6.07) is 0. The van der Waals surface area contributed by atoms with E-state index < -0.39 is 0 Å². The van der Waals surface area contributed by atoms with Gasteiger partial charge in [0, 0.05) is 32.8 Å². The highest BCUT2D eigenvalue weighted by Crippen LogP contribution is 2.13. The van der Waals surface area contributed by atoms with Gasteiger partial charge in [-0.05, 0) is 13.8 Å². The van der Waals surface area contributed by atoms with Gasteiger partial charge < -0.3 is 14.6 Å². The zero-order chi connectivity index (χ0) is 12.1. The molecule has 0 aliphatic carbocycles. The summed E-state index contributed by atoms with van der Waals surface area (Å²) < 4.78 is 10.7. The van der Waals surface area contributed by atoms with E-state index in [0.29, 0.717) is 18.3 Å². The lowest BCUT2D eigenvalue weighted by molar-refractivity contribution is 0.0683. The molecule has 6 nitrogen and oxygen atoms in total. The first-order valence-electron chi connectivity index (χ1n) is 6.16. The summed E-state index contributed by atoms with van der Waals surface area (Å²) in [4.78, 5) is 6.66. The number of nitrogens with zero attached hydrogens (tertiary/aromatic N) is 3. The molecule has 0 radical (unpaired) electrons. The van der Waals surface area contributed by atoms with Gasteiger partial charge >= 0.3 is 0 Å². The zero-order valence-electron chi connectivity index (χ0n) is 10.5. The van der Waals surface area contributed by atoms with Crippen molar-refractivity contribution in [3.05, 3.63) is 11.7 Å². The number of rotatable bonds is 5. The van der Waals surface area contributed by atoms with Gasteiger partial charge in [0.1, 0.15) is 6.10 Å². The highest BCUT2D eigenvalue weighted by Gasteiger charge is 2.17. The topological polar surface area (TPSA) is 63.4 Å². The standard InChI is InChI=1S/C11H20N4O2/c1-3-16-9(2)11-13-10(17-14-11)8-15-6-4-12-5-7-15/h9,12H,3-8H2,1-2H3. The minimum atomic E-state index is -0.0967. The Morgan fingerprint density at radius 2 is 2.24 bits per heavy atom. The number of hydrogen-bond donors (Lipinski definition) is 1. The average Bonchev–Trinajstić information content (AvgIpc) is 2.79. The molecule has 1 saturated heterocycles. The van der Waals surface area contributed by atoms with Crippen LogP contribution in [0.25, 0.3) is 0 Å². The Balaban J connectivity index is 1.88. The van der Waals surface area contributed by atoms with Crippen LogP contribution in [-0.4, -0.2) is 47.8 Å². The fourth-order valence-electron chi connectivity index (χ4n) is 1.88. The fraction of sp³-hybridized carbons (Fsp3) is 0.818. The van der Waals surface area contributed by atoms with Crippen LogP contribution in [-0.2, 0) is 11.3 Å². The van der Waals surface area contributed by atoms with Gasteiger partial charge in [-0.1, -0.05) is 5.16 Å². The number of ether oxygens (including phenoxy) is 1. The number of piperazine rings is 1. The van der Waals surface area contributed by atoms with Crippen molar-refractivity contribution in [3.63, 3.8) is 0 Å².